The molecule has 0 bridgehead atoms. The van der Waals surface area contributed by atoms with Crippen molar-refractivity contribution in [1.29, 1.82) is 0 Å². The first kappa shape index (κ1) is 20.5. The van der Waals surface area contributed by atoms with Crippen LogP contribution in [0.3, 0.4) is 0 Å². The van der Waals surface area contributed by atoms with Crippen molar-refractivity contribution in [2.24, 2.45) is 0 Å². The summed E-state index contributed by atoms with van der Waals surface area (Å²) in [5.41, 5.74) is 1.42. The molecule has 0 spiro atoms. The number of hydrogen-bond acceptors (Lipinski definition) is 4. The Balaban J connectivity index is 1.99. The second-order valence-corrected chi connectivity index (χ2v) is 6.84. The Bertz CT molecular complexity index is 993. The van der Waals surface area contributed by atoms with Crippen molar-refractivity contribution in [3.05, 3.63) is 59.2 Å². The van der Waals surface area contributed by atoms with Crippen molar-refractivity contribution >= 4 is 39.3 Å². The average Bonchev–Trinajstić information content (AvgIpc) is 2.70. The molecule has 1 heterocycles. The fourth-order valence-corrected chi connectivity index (χ4v) is 3.30. The zero-order valence-corrected chi connectivity index (χ0v) is 17.4. The number of nitrogens with zero attached hydrogens (tertiary/aromatic N) is 1. The maximum atomic E-state index is 13.6. The molecule has 0 fully saturated rings. The largest absolute Gasteiger partial charge is 0.497 e. The number of alkyl halides is 4. The number of halogens is 4. The third kappa shape index (κ3) is 4.43. The van der Waals surface area contributed by atoms with E-state index in [1.165, 1.54) is 14.2 Å². The van der Waals surface area contributed by atoms with Crippen LogP contribution in [-0.4, -0.2) is 19.2 Å². The van der Waals surface area contributed by atoms with Gasteiger partial charge >= 0.3 is 6.18 Å². The van der Waals surface area contributed by atoms with E-state index in [0.717, 1.165) is 16.1 Å². The Morgan fingerprint density at radius 2 is 1.82 bits per heavy atom. The summed E-state index contributed by atoms with van der Waals surface area (Å²) in [4.78, 5) is 4.25. The third-order valence-corrected chi connectivity index (χ3v) is 5.16. The molecule has 0 aliphatic rings. The maximum Gasteiger partial charge on any atom is 0.419 e. The molecule has 1 aromatic heterocycles. The van der Waals surface area contributed by atoms with Crippen molar-refractivity contribution in [2.75, 3.05) is 19.5 Å². The normalized spacial score (nSPS) is 11.5. The molecule has 2 aromatic carbocycles. The van der Waals surface area contributed by atoms with Crippen LogP contribution in [0.1, 0.15) is 16.7 Å². The second kappa shape index (κ2) is 8.42. The van der Waals surface area contributed by atoms with Crippen molar-refractivity contribution in [3.63, 3.8) is 0 Å². The van der Waals surface area contributed by atoms with Crippen LogP contribution in [0.15, 0.2) is 42.5 Å². The van der Waals surface area contributed by atoms with Crippen molar-refractivity contribution in [3.8, 4) is 11.5 Å². The van der Waals surface area contributed by atoms with Crippen molar-refractivity contribution < 1.29 is 22.6 Å². The van der Waals surface area contributed by atoms with E-state index >= 15 is 0 Å². The number of fused-ring (bicyclic) bond motifs is 1. The number of aromatic nitrogens is 1. The topological polar surface area (TPSA) is 43.4 Å². The summed E-state index contributed by atoms with van der Waals surface area (Å²) in [6.45, 7) is 0.126. The molecule has 0 aliphatic carbocycles. The van der Waals surface area contributed by atoms with Crippen molar-refractivity contribution in [2.45, 2.75) is 17.1 Å². The van der Waals surface area contributed by atoms with Crippen LogP contribution >= 0.6 is 22.6 Å². The first-order chi connectivity index (χ1) is 13.4. The van der Waals surface area contributed by atoms with E-state index in [0.29, 0.717) is 28.0 Å². The average molecular weight is 502 g/mol. The molecule has 0 saturated heterocycles. The van der Waals surface area contributed by atoms with Gasteiger partial charge < -0.3 is 14.8 Å². The Morgan fingerprint density at radius 3 is 2.46 bits per heavy atom. The minimum atomic E-state index is -4.52. The van der Waals surface area contributed by atoms with Gasteiger partial charge in [-0.25, -0.2) is 4.98 Å². The number of rotatable bonds is 6. The molecule has 3 rings (SSSR count). The van der Waals surface area contributed by atoms with Gasteiger partial charge in [-0.15, -0.1) is 0 Å². The van der Waals surface area contributed by atoms with Crippen LogP contribution in [0.5, 0.6) is 11.5 Å². The van der Waals surface area contributed by atoms with E-state index < -0.39 is 11.7 Å². The quantitative estimate of drug-likeness (QED) is 0.341. The van der Waals surface area contributed by atoms with E-state index in [-0.39, 0.29) is 12.4 Å². The minimum absolute atomic E-state index is 0.126. The highest BCUT2D eigenvalue weighted by Crippen LogP contribution is 2.36. The van der Waals surface area contributed by atoms with E-state index in [1.54, 1.807) is 30.3 Å². The summed E-state index contributed by atoms with van der Waals surface area (Å²) in [5, 5.41) is 3.28. The van der Waals surface area contributed by atoms with E-state index in [2.05, 4.69) is 32.9 Å². The highest BCUT2D eigenvalue weighted by atomic mass is 127. The molecule has 28 heavy (non-hydrogen) atoms. The zero-order chi connectivity index (χ0) is 20.3. The smallest absolute Gasteiger partial charge is 0.419 e. The molecular weight excluding hydrogens is 484 g/mol. The van der Waals surface area contributed by atoms with Crippen molar-refractivity contribution in [1.82, 2.24) is 4.98 Å². The van der Waals surface area contributed by atoms with E-state index in [1.807, 2.05) is 6.07 Å². The number of benzene rings is 2. The van der Waals surface area contributed by atoms with Gasteiger partial charge in [-0.05, 0) is 29.8 Å². The van der Waals surface area contributed by atoms with Crippen LogP contribution in [0.25, 0.3) is 10.9 Å². The van der Waals surface area contributed by atoms with Gasteiger partial charge in [0.05, 0.1) is 25.3 Å². The monoisotopic (exact) mass is 502 g/mol. The highest BCUT2D eigenvalue weighted by Gasteiger charge is 2.35. The Hall–Kier alpha value is -2.23. The highest BCUT2D eigenvalue weighted by molar-refractivity contribution is 14.1. The first-order valence-electron chi connectivity index (χ1n) is 8.37. The molecule has 148 valence electrons. The van der Waals surface area contributed by atoms with E-state index in [9.17, 15) is 13.2 Å². The molecule has 0 unspecified atom stereocenters. The Labute approximate surface area is 174 Å². The number of ether oxygens (including phenoxy) is 2. The van der Waals surface area contributed by atoms with Gasteiger partial charge in [-0.3, -0.25) is 0 Å². The van der Waals surface area contributed by atoms with Crippen LogP contribution in [0, 0.1) is 0 Å². The number of nitrogens with one attached hydrogen (secondary N) is 1. The summed E-state index contributed by atoms with van der Waals surface area (Å²) >= 11 is 2.20. The van der Waals surface area contributed by atoms with Gasteiger partial charge in [-0.2, -0.15) is 13.2 Å². The standard InChI is InChI=1S/C20H18F3IN2O2/c1-27-15-6-5-14(18(9-15)28-2)11-25-19-16(20(21,22)23)8-13-4-3-12(10-24)7-17(13)26-19/h3-9H,10-11H2,1-2H3,(H,25,26). The number of methoxy groups -OCH3 is 2. The second-order valence-electron chi connectivity index (χ2n) is 6.07. The van der Waals surface area contributed by atoms with E-state index in [4.69, 9.17) is 9.47 Å². The fraction of sp³-hybridized carbons (Fsp3) is 0.250. The number of pyridine rings is 1. The molecule has 0 amide bonds. The van der Waals surface area contributed by atoms with Crippen LogP contribution in [0.4, 0.5) is 19.0 Å². The summed E-state index contributed by atoms with van der Waals surface area (Å²) < 4.78 is 51.9. The molecular formula is C20H18F3IN2O2. The van der Waals surface area contributed by atoms with Crippen LogP contribution < -0.4 is 14.8 Å². The molecule has 1 N–H and O–H groups in total. The molecule has 0 saturated carbocycles. The van der Waals surface area contributed by atoms with Gasteiger partial charge in [0, 0.05) is 28.0 Å². The van der Waals surface area contributed by atoms with Gasteiger partial charge in [0.15, 0.2) is 0 Å². The maximum absolute atomic E-state index is 13.6. The summed E-state index contributed by atoms with van der Waals surface area (Å²) in [6, 6.07) is 11.6. The van der Waals surface area contributed by atoms with Gasteiger partial charge in [0.2, 0.25) is 0 Å². The number of hydrogen-bond donors (Lipinski definition) is 1. The fourth-order valence-electron chi connectivity index (χ4n) is 2.82. The molecule has 0 radical (unpaired) electrons. The summed E-state index contributed by atoms with van der Waals surface area (Å²) in [5.74, 6) is 0.920. The number of anilines is 1. The Kier molecular flexibility index (Phi) is 6.17. The van der Waals surface area contributed by atoms with Crippen LogP contribution in [0.2, 0.25) is 0 Å². The predicted octanol–water partition coefficient (Wildman–Crippen LogP) is 5.82. The minimum Gasteiger partial charge on any atom is -0.497 e. The third-order valence-electron chi connectivity index (χ3n) is 4.28. The lowest BCUT2D eigenvalue weighted by atomic mass is 10.1. The molecule has 8 heteroatoms. The first-order valence-corrected chi connectivity index (χ1v) is 9.90. The zero-order valence-electron chi connectivity index (χ0n) is 15.2. The lowest BCUT2D eigenvalue weighted by Gasteiger charge is -2.16. The Morgan fingerprint density at radius 1 is 1.04 bits per heavy atom. The molecule has 0 atom stereocenters. The molecule has 3 aromatic rings. The molecule has 0 aliphatic heterocycles. The lowest BCUT2D eigenvalue weighted by molar-refractivity contribution is -0.137. The van der Waals surface area contributed by atoms with Gasteiger partial charge in [0.25, 0.3) is 0 Å². The van der Waals surface area contributed by atoms with Gasteiger partial charge in [-0.1, -0.05) is 34.7 Å². The summed E-state index contributed by atoms with van der Waals surface area (Å²) in [7, 11) is 3.03. The summed E-state index contributed by atoms with van der Waals surface area (Å²) in [6.07, 6.45) is -4.52. The van der Waals surface area contributed by atoms with Gasteiger partial charge in [0.1, 0.15) is 17.3 Å². The van der Waals surface area contributed by atoms with Crippen LogP contribution in [-0.2, 0) is 17.1 Å². The molecule has 4 nitrogen and oxygen atoms in total. The lowest BCUT2D eigenvalue weighted by Crippen LogP contribution is -2.13. The SMILES string of the molecule is COc1ccc(CNc2nc3cc(CI)ccc3cc2C(F)(F)F)c(OC)c1. The predicted molar refractivity (Wildman–Crippen MR) is 111 cm³/mol.